The molecule has 2 aromatic rings. The number of nitrogens with zero attached hydrogens (tertiary/aromatic N) is 1. The number of fused-ring (bicyclic) bond motifs is 3. The van der Waals surface area contributed by atoms with Gasteiger partial charge in [-0.15, -0.1) is 0 Å². The van der Waals surface area contributed by atoms with E-state index in [4.69, 9.17) is 4.74 Å². The molecule has 0 N–H and O–H groups in total. The lowest BCUT2D eigenvalue weighted by Gasteiger charge is -2.14. The molecular formula is C18H13NO4. The Kier molecular flexibility index (Phi) is 3.01. The summed E-state index contributed by atoms with van der Waals surface area (Å²) in [6, 6.07) is 13.5. The number of rotatable bonds is 1. The Morgan fingerprint density at radius 3 is 2.39 bits per heavy atom. The molecule has 1 aliphatic heterocycles. The minimum absolute atomic E-state index is 0.0618. The molecule has 5 heteroatoms. The van der Waals surface area contributed by atoms with Crippen LogP contribution in [0.15, 0.2) is 42.5 Å². The zero-order valence-electron chi connectivity index (χ0n) is 12.2. The standard InChI is InChI=1S/C18H13NO4/c20-16-8-9-17(21)19(16)18(22)23-15-7-3-6-13-12-5-2-1-4-11(12)10-14(13)15/h1-7H,8-10H2. The maximum absolute atomic E-state index is 12.2. The zero-order chi connectivity index (χ0) is 16.0. The van der Waals surface area contributed by atoms with Gasteiger partial charge in [-0.25, -0.2) is 4.79 Å². The van der Waals surface area contributed by atoms with Crippen LogP contribution in [0.25, 0.3) is 11.1 Å². The number of carbonyl (C=O) groups excluding carboxylic acids is 3. The molecule has 0 aromatic heterocycles. The van der Waals surface area contributed by atoms with Gasteiger partial charge in [-0.05, 0) is 22.8 Å². The number of benzene rings is 2. The molecule has 0 spiro atoms. The summed E-state index contributed by atoms with van der Waals surface area (Å²) in [5.74, 6) is -0.608. The second-order valence-corrected chi connectivity index (χ2v) is 5.61. The van der Waals surface area contributed by atoms with E-state index in [2.05, 4.69) is 0 Å². The molecule has 23 heavy (non-hydrogen) atoms. The Balaban J connectivity index is 1.66. The molecule has 1 saturated heterocycles. The van der Waals surface area contributed by atoms with Crippen LogP contribution in [0.5, 0.6) is 5.75 Å². The fraction of sp³-hybridized carbons (Fsp3) is 0.167. The summed E-state index contributed by atoms with van der Waals surface area (Å²) >= 11 is 0. The second-order valence-electron chi connectivity index (χ2n) is 5.61. The Morgan fingerprint density at radius 2 is 1.61 bits per heavy atom. The van der Waals surface area contributed by atoms with Crippen LogP contribution in [0.2, 0.25) is 0 Å². The van der Waals surface area contributed by atoms with Crippen LogP contribution in [0.3, 0.4) is 0 Å². The van der Waals surface area contributed by atoms with E-state index in [1.807, 2.05) is 30.3 Å². The van der Waals surface area contributed by atoms with Crippen LogP contribution < -0.4 is 4.74 Å². The van der Waals surface area contributed by atoms with E-state index in [0.29, 0.717) is 17.1 Å². The number of carbonyl (C=O) groups is 3. The van der Waals surface area contributed by atoms with Crippen molar-refractivity contribution >= 4 is 17.9 Å². The summed E-state index contributed by atoms with van der Waals surface area (Å²) in [4.78, 5) is 36.0. The normalized spacial score (nSPS) is 15.6. The van der Waals surface area contributed by atoms with Crippen molar-refractivity contribution in [1.29, 1.82) is 0 Å². The Morgan fingerprint density at radius 1 is 0.913 bits per heavy atom. The molecule has 0 atom stereocenters. The average molecular weight is 307 g/mol. The average Bonchev–Trinajstić information content (AvgIpc) is 3.08. The number of hydrogen-bond donors (Lipinski definition) is 0. The topological polar surface area (TPSA) is 63.7 Å². The first-order chi connectivity index (χ1) is 11.1. The molecule has 114 valence electrons. The fourth-order valence-corrected chi connectivity index (χ4v) is 3.14. The van der Waals surface area contributed by atoms with Crippen molar-refractivity contribution in [3.8, 4) is 16.9 Å². The molecule has 5 nitrogen and oxygen atoms in total. The minimum Gasteiger partial charge on any atom is -0.409 e. The zero-order valence-corrected chi connectivity index (χ0v) is 12.2. The molecule has 3 amide bonds. The maximum Gasteiger partial charge on any atom is 0.429 e. The highest BCUT2D eigenvalue weighted by molar-refractivity contribution is 6.13. The molecule has 1 aliphatic carbocycles. The van der Waals surface area contributed by atoms with E-state index in [1.165, 1.54) is 5.56 Å². The van der Waals surface area contributed by atoms with Crippen LogP contribution in [0.1, 0.15) is 24.0 Å². The monoisotopic (exact) mass is 307 g/mol. The van der Waals surface area contributed by atoms with Crippen molar-refractivity contribution in [2.75, 3.05) is 0 Å². The molecule has 0 bridgehead atoms. The largest absolute Gasteiger partial charge is 0.429 e. The van der Waals surface area contributed by atoms with Gasteiger partial charge in [-0.1, -0.05) is 36.4 Å². The van der Waals surface area contributed by atoms with Crippen LogP contribution in [-0.2, 0) is 16.0 Å². The molecule has 1 heterocycles. The summed E-state index contributed by atoms with van der Waals surface area (Å²) < 4.78 is 5.36. The third-order valence-corrected chi connectivity index (χ3v) is 4.24. The Hall–Kier alpha value is -2.95. The van der Waals surface area contributed by atoms with Gasteiger partial charge in [0, 0.05) is 24.8 Å². The molecule has 4 rings (SSSR count). The first-order valence-electron chi connectivity index (χ1n) is 7.43. The summed E-state index contributed by atoms with van der Waals surface area (Å²) in [5.41, 5.74) is 4.21. The highest BCUT2D eigenvalue weighted by Gasteiger charge is 2.36. The van der Waals surface area contributed by atoms with E-state index in [9.17, 15) is 14.4 Å². The van der Waals surface area contributed by atoms with Crippen molar-refractivity contribution in [1.82, 2.24) is 4.90 Å². The second kappa shape index (κ2) is 5.05. The number of hydrogen-bond acceptors (Lipinski definition) is 4. The highest BCUT2D eigenvalue weighted by Crippen LogP contribution is 2.41. The Labute approximate surface area is 132 Å². The van der Waals surface area contributed by atoms with Crippen molar-refractivity contribution < 1.29 is 19.1 Å². The van der Waals surface area contributed by atoms with Crippen LogP contribution in [0, 0.1) is 0 Å². The lowest BCUT2D eigenvalue weighted by Crippen LogP contribution is -2.37. The van der Waals surface area contributed by atoms with Gasteiger partial charge >= 0.3 is 6.09 Å². The lowest BCUT2D eigenvalue weighted by molar-refractivity contribution is -0.135. The molecule has 0 radical (unpaired) electrons. The van der Waals surface area contributed by atoms with Gasteiger partial charge in [0.2, 0.25) is 11.8 Å². The number of imide groups is 3. The Bertz CT molecular complexity index is 840. The van der Waals surface area contributed by atoms with E-state index >= 15 is 0 Å². The highest BCUT2D eigenvalue weighted by atomic mass is 16.6. The minimum atomic E-state index is -0.915. The lowest BCUT2D eigenvalue weighted by atomic mass is 10.1. The number of amides is 3. The van der Waals surface area contributed by atoms with Gasteiger partial charge in [-0.2, -0.15) is 4.90 Å². The summed E-state index contributed by atoms with van der Waals surface area (Å²) in [7, 11) is 0. The predicted molar refractivity (Wildman–Crippen MR) is 81.8 cm³/mol. The third kappa shape index (κ3) is 2.12. The number of ether oxygens (including phenoxy) is 1. The first kappa shape index (κ1) is 13.7. The SMILES string of the molecule is O=C1CCC(=O)N1C(=O)Oc1cccc2c1Cc1ccccc1-2. The molecular weight excluding hydrogens is 294 g/mol. The summed E-state index contributed by atoms with van der Waals surface area (Å²) in [6.07, 6.45) is -0.128. The smallest absolute Gasteiger partial charge is 0.409 e. The van der Waals surface area contributed by atoms with Crippen molar-refractivity contribution in [2.45, 2.75) is 19.3 Å². The van der Waals surface area contributed by atoms with E-state index in [-0.39, 0.29) is 12.8 Å². The van der Waals surface area contributed by atoms with Crippen LogP contribution in [0.4, 0.5) is 4.79 Å². The van der Waals surface area contributed by atoms with E-state index in [1.54, 1.807) is 12.1 Å². The van der Waals surface area contributed by atoms with Crippen molar-refractivity contribution in [2.24, 2.45) is 0 Å². The molecule has 1 fully saturated rings. The maximum atomic E-state index is 12.2. The summed E-state index contributed by atoms with van der Waals surface area (Å²) in [6.45, 7) is 0. The molecule has 2 aliphatic rings. The predicted octanol–water partition coefficient (Wildman–Crippen LogP) is 2.91. The van der Waals surface area contributed by atoms with Gasteiger partial charge in [0.05, 0.1) is 0 Å². The van der Waals surface area contributed by atoms with Gasteiger partial charge < -0.3 is 4.74 Å². The number of likely N-dealkylation sites (tertiary alicyclic amines) is 1. The van der Waals surface area contributed by atoms with Crippen LogP contribution >= 0.6 is 0 Å². The first-order valence-corrected chi connectivity index (χ1v) is 7.43. The quantitative estimate of drug-likeness (QED) is 0.648. The van der Waals surface area contributed by atoms with Crippen molar-refractivity contribution in [3.63, 3.8) is 0 Å². The van der Waals surface area contributed by atoms with Crippen LogP contribution in [-0.4, -0.2) is 22.8 Å². The molecule has 0 unspecified atom stereocenters. The van der Waals surface area contributed by atoms with Gasteiger partial charge in [0.15, 0.2) is 0 Å². The fourth-order valence-electron chi connectivity index (χ4n) is 3.14. The van der Waals surface area contributed by atoms with Gasteiger partial charge in [0.25, 0.3) is 0 Å². The van der Waals surface area contributed by atoms with E-state index < -0.39 is 17.9 Å². The molecule has 2 aromatic carbocycles. The van der Waals surface area contributed by atoms with Crippen molar-refractivity contribution in [3.05, 3.63) is 53.6 Å². The van der Waals surface area contributed by atoms with Gasteiger partial charge in [-0.3, -0.25) is 9.59 Å². The molecule has 0 saturated carbocycles. The third-order valence-electron chi connectivity index (χ3n) is 4.24. The van der Waals surface area contributed by atoms with Gasteiger partial charge in [0.1, 0.15) is 5.75 Å². The summed E-state index contributed by atoms with van der Waals surface area (Å²) in [5, 5.41) is 0. The van der Waals surface area contributed by atoms with E-state index in [0.717, 1.165) is 16.7 Å².